The van der Waals surface area contributed by atoms with Gasteiger partial charge in [0.2, 0.25) is 0 Å². The van der Waals surface area contributed by atoms with E-state index in [0.717, 1.165) is 11.5 Å². The topological polar surface area (TPSA) is 80.4 Å². The van der Waals surface area contributed by atoms with Crippen molar-refractivity contribution >= 4 is 10.1 Å². The van der Waals surface area contributed by atoms with Crippen molar-refractivity contribution in [1.82, 2.24) is 0 Å². The summed E-state index contributed by atoms with van der Waals surface area (Å²) in [7, 11) is -4.02. The maximum Gasteiger partial charge on any atom is 0.294 e. The molecular formula is C18H29NO3S. The molecule has 0 aliphatic heterocycles. The molecule has 0 atom stereocenters. The molecule has 0 amide bonds. The lowest BCUT2D eigenvalue weighted by Gasteiger charge is -2.23. The minimum absolute atomic E-state index is 0.0666. The Kier molecular flexibility index (Phi) is 8.52. The Morgan fingerprint density at radius 1 is 1.17 bits per heavy atom. The fraction of sp³-hybridized carbons (Fsp3) is 0.556. The zero-order valence-corrected chi connectivity index (χ0v) is 14.9. The van der Waals surface area contributed by atoms with Gasteiger partial charge in [-0.25, -0.2) is 0 Å². The van der Waals surface area contributed by atoms with Crippen LogP contribution in [0, 0.1) is 12.8 Å². The Labute approximate surface area is 140 Å². The second-order valence-electron chi connectivity index (χ2n) is 6.18. The van der Waals surface area contributed by atoms with Crippen LogP contribution < -0.4 is 5.73 Å². The quantitative estimate of drug-likeness (QED) is 0.639. The normalized spacial score (nSPS) is 21.7. The van der Waals surface area contributed by atoms with Gasteiger partial charge in [-0.1, -0.05) is 43.2 Å². The standard InChI is InChI=1S/C11H21N.C7H8O3S/c1-2-3-4-5-10-6-8-11(12)9-7-10;1-6-2-4-7(5-3-6)11(8,9)10/h4-5,10-11H,2-3,6-9,12H2,1H3;2-5H,1H3,(H,8,9,10). The summed E-state index contributed by atoms with van der Waals surface area (Å²) >= 11 is 0. The van der Waals surface area contributed by atoms with Gasteiger partial charge in [-0.2, -0.15) is 8.42 Å². The van der Waals surface area contributed by atoms with Crippen molar-refractivity contribution < 1.29 is 13.0 Å². The Morgan fingerprint density at radius 3 is 2.22 bits per heavy atom. The van der Waals surface area contributed by atoms with Crippen LogP contribution in [-0.2, 0) is 10.1 Å². The lowest BCUT2D eigenvalue weighted by atomic mass is 9.86. The van der Waals surface area contributed by atoms with Crippen LogP contribution in [0.2, 0.25) is 0 Å². The van der Waals surface area contributed by atoms with E-state index in [-0.39, 0.29) is 4.90 Å². The third kappa shape index (κ3) is 8.30. The van der Waals surface area contributed by atoms with Gasteiger partial charge in [-0.15, -0.1) is 0 Å². The summed E-state index contributed by atoms with van der Waals surface area (Å²) in [6.45, 7) is 4.06. The molecule has 0 bridgehead atoms. The molecule has 23 heavy (non-hydrogen) atoms. The molecule has 4 nitrogen and oxygen atoms in total. The smallest absolute Gasteiger partial charge is 0.294 e. The average Bonchev–Trinajstić information content (AvgIpc) is 2.50. The predicted molar refractivity (Wildman–Crippen MR) is 95.0 cm³/mol. The lowest BCUT2D eigenvalue weighted by molar-refractivity contribution is 0.375. The van der Waals surface area contributed by atoms with Gasteiger partial charge >= 0.3 is 0 Å². The van der Waals surface area contributed by atoms with E-state index in [0.29, 0.717) is 6.04 Å². The predicted octanol–water partition coefficient (Wildman–Crippen LogP) is 4.10. The highest BCUT2D eigenvalue weighted by molar-refractivity contribution is 7.85. The van der Waals surface area contributed by atoms with E-state index in [9.17, 15) is 8.42 Å². The highest BCUT2D eigenvalue weighted by Crippen LogP contribution is 2.24. The molecule has 1 fully saturated rings. The van der Waals surface area contributed by atoms with Crippen molar-refractivity contribution in [3.63, 3.8) is 0 Å². The molecule has 1 aromatic carbocycles. The molecule has 2 rings (SSSR count). The van der Waals surface area contributed by atoms with Crippen LogP contribution in [0.3, 0.4) is 0 Å². The molecular weight excluding hydrogens is 310 g/mol. The Bertz CT molecular complexity index is 571. The van der Waals surface area contributed by atoms with Gasteiger partial charge in [0.05, 0.1) is 4.90 Å². The molecule has 5 heteroatoms. The molecule has 0 spiro atoms. The summed E-state index contributed by atoms with van der Waals surface area (Å²) in [5.41, 5.74) is 6.78. The second kappa shape index (κ2) is 9.85. The van der Waals surface area contributed by atoms with Crippen molar-refractivity contribution in [2.45, 2.75) is 63.3 Å². The van der Waals surface area contributed by atoms with Gasteiger partial charge in [-0.05, 0) is 57.1 Å². The van der Waals surface area contributed by atoms with Crippen molar-refractivity contribution in [2.75, 3.05) is 0 Å². The Balaban J connectivity index is 0.000000231. The van der Waals surface area contributed by atoms with Crippen LogP contribution in [0.5, 0.6) is 0 Å². The van der Waals surface area contributed by atoms with Crippen LogP contribution in [0.1, 0.15) is 51.0 Å². The van der Waals surface area contributed by atoms with Crippen LogP contribution in [0.4, 0.5) is 0 Å². The minimum Gasteiger partial charge on any atom is -0.328 e. The van der Waals surface area contributed by atoms with E-state index < -0.39 is 10.1 Å². The first-order chi connectivity index (χ1) is 10.8. The summed E-state index contributed by atoms with van der Waals surface area (Å²) in [5.74, 6) is 0.830. The zero-order chi connectivity index (χ0) is 17.3. The molecule has 3 N–H and O–H groups in total. The summed E-state index contributed by atoms with van der Waals surface area (Å²) in [6, 6.07) is 6.47. The number of unbranched alkanes of at least 4 members (excludes halogenated alkanes) is 1. The van der Waals surface area contributed by atoms with Gasteiger partial charge in [0, 0.05) is 6.04 Å². The molecule has 1 aliphatic rings. The fourth-order valence-corrected chi connectivity index (χ4v) is 2.98. The summed E-state index contributed by atoms with van der Waals surface area (Å²) in [4.78, 5) is -0.0666. The molecule has 1 aliphatic carbocycles. The average molecular weight is 340 g/mol. The summed E-state index contributed by atoms with van der Waals surface area (Å²) in [5, 5.41) is 0. The SMILES string of the molecule is CCCC=CC1CCC(N)CC1.Cc1ccc(S(=O)(=O)O)cc1. The van der Waals surface area contributed by atoms with Gasteiger partial charge in [-0.3, -0.25) is 4.55 Å². The Morgan fingerprint density at radius 2 is 1.74 bits per heavy atom. The Hall–Kier alpha value is -1.17. The molecule has 0 heterocycles. The maximum absolute atomic E-state index is 10.5. The molecule has 1 saturated carbocycles. The second-order valence-corrected chi connectivity index (χ2v) is 7.60. The highest BCUT2D eigenvalue weighted by Gasteiger charge is 2.15. The zero-order valence-electron chi connectivity index (χ0n) is 14.1. The number of benzene rings is 1. The van der Waals surface area contributed by atoms with Gasteiger partial charge in [0.1, 0.15) is 0 Å². The number of allylic oxidation sites excluding steroid dienone is 2. The number of rotatable bonds is 4. The summed E-state index contributed by atoms with van der Waals surface area (Å²) in [6.07, 6.45) is 12.3. The van der Waals surface area contributed by atoms with Crippen molar-refractivity contribution in [3.05, 3.63) is 42.0 Å². The van der Waals surface area contributed by atoms with Gasteiger partial charge < -0.3 is 5.73 Å². The van der Waals surface area contributed by atoms with Gasteiger partial charge in [0.15, 0.2) is 0 Å². The van der Waals surface area contributed by atoms with E-state index in [4.69, 9.17) is 10.3 Å². The molecule has 0 radical (unpaired) electrons. The van der Waals surface area contributed by atoms with Crippen LogP contribution in [0.25, 0.3) is 0 Å². The summed E-state index contributed by atoms with van der Waals surface area (Å²) < 4.78 is 29.6. The first kappa shape index (κ1) is 19.9. The maximum atomic E-state index is 10.5. The largest absolute Gasteiger partial charge is 0.328 e. The fourth-order valence-electron chi connectivity index (χ4n) is 2.50. The van der Waals surface area contributed by atoms with E-state index in [2.05, 4.69) is 19.1 Å². The number of nitrogens with two attached hydrogens (primary N) is 1. The van der Waals surface area contributed by atoms with Crippen LogP contribution >= 0.6 is 0 Å². The van der Waals surface area contributed by atoms with Crippen molar-refractivity contribution in [3.8, 4) is 0 Å². The number of hydrogen-bond donors (Lipinski definition) is 2. The van der Waals surface area contributed by atoms with Crippen molar-refractivity contribution in [2.24, 2.45) is 11.7 Å². The first-order valence-electron chi connectivity index (χ1n) is 8.29. The third-order valence-corrected chi connectivity index (χ3v) is 4.87. The van der Waals surface area contributed by atoms with Crippen LogP contribution in [-0.4, -0.2) is 19.0 Å². The molecule has 130 valence electrons. The molecule has 0 aromatic heterocycles. The highest BCUT2D eigenvalue weighted by atomic mass is 32.2. The van der Waals surface area contributed by atoms with E-state index in [1.54, 1.807) is 12.1 Å². The molecule has 1 aromatic rings. The lowest BCUT2D eigenvalue weighted by Crippen LogP contribution is -2.25. The molecule has 0 saturated heterocycles. The number of aryl methyl sites for hydroxylation is 1. The minimum atomic E-state index is -4.02. The number of hydrogen-bond acceptors (Lipinski definition) is 3. The van der Waals surface area contributed by atoms with Crippen molar-refractivity contribution in [1.29, 1.82) is 0 Å². The van der Waals surface area contributed by atoms with Gasteiger partial charge in [0.25, 0.3) is 10.1 Å². The van der Waals surface area contributed by atoms with E-state index in [1.165, 1.54) is 50.7 Å². The van der Waals surface area contributed by atoms with E-state index in [1.807, 2.05) is 6.92 Å². The third-order valence-electron chi connectivity index (χ3n) is 4.00. The van der Waals surface area contributed by atoms with E-state index >= 15 is 0 Å². The first-order valence-corrected chi connectivity index (χ1v) is 9.73. The van der Waals surface area contributed by atoms with Crippen LogP contribution in [0.15, 0.2) is 41.3 Å². The molecule has 0 unspecified atom stereocenters. The monoisotopic (exact) mass is 339 g/mol.